The molecule has 4 rings (SSSR count). The molecule has 0 saturated heterocycles. The summed E-state index contributed by atoms with van der Waals surface area (Å²) in [5.41, 5.74) is 2.60. The van der Waals surface area contributed by atoms with Crippen molar-refractivity contribution in [3.63, 3.8) is 0 Å². The molecule has 142 valence electrons. The Kier molecular flexibility index (Phi) is 4.57. The normalized spacial score (nSPS) is 11.1. The Morgan fingerprint density at radius 2 is 1.82 bits per heavy atom. The fourth-order valence-corrected chi connectivity index (χ4v) is 2.98. The van der Waals surface area contributed by atoms with Gasteiger partial charge in [0.05, 0.1) is 6.10 Å². The molecular formula is C21H19N3O4. The van der Waals surface area contributed by atoms with Gasteiger partial charge in [-0.25, -0.2) is 4.63 Å². The maximum Gasteiger partial charge on any atom is 0.292 e. The van der Waals surface area contributed by atoms with Crippen molar-refractivity contribution >= 4 is 22.7 Å². The molecule has 7 nitrogen and oxygen atoms in total. The summed E-state index contributed by atoms with van der Waals surface area (Å²) in [6.45, 7) is 5.77. The van der Waals surface area contributed by atoms with Crippen LogP contribution in [0.4, 0.5) is 5.82 Å². The fourth-order valence-electron chi connectivity index (χ4n) is 2.98. The summed E-state index contributed by atoms with van der Waals surface area (Å²) in [5, 5.41) is 11.4. The van der Waals surface area contributed by atoms with Gasteiger partial charge in [0.1, 0.15) is 11.3 Å². The number of carbonyl (C=O) groups excluding carboxylic acids is 1. The van der Waals surface area contributed by atoms with Crippen LogP contribution in [-0.2, 0) is 0 Å². The standard InChI is InChI=1S/C21H19N3O4/c1-12(2)26-15-10-8-14(9-11-15)18-20(24-28-23-18)22-21(25)19-13(3)16-6-4-5-7-17(16)27-19/h4-12H,1-3H3,(H,22,24,25). The SMILES string of the molecule is Cc1c(C(=O)Nc2nonc2-c2ccc(OC(C)C)cc2)oc2ccccc12. The summed E-state index contributed by atoms with van der Waals surface area (Å²) in [7, 11) is 0. The molecule has 2 aromatic carbocycles. The van der Waals surface area contributed by atoms with Gasteiger partial charge in [-0.15, -0.1) is 0 Å². The van der Waals surface area contributed by atoms with Gasteiger partial charge < -0.3 is 9.15 Å². The molecule has 2 aromatic heterocycles. The number of rotatable bonds is 5. The Hall–Kier alpha value is -3.61. The van der Waals surface area contributed by atoms with Crippen LogP contribution in [0.1, 0.15) is 30.0 Å². The molecular weight excluding hydrogens is 358 g/mol. The van der Waals surface area contributed by atoms with Gasteiger partial charge >= 0.3 is 0 Å². The van der Waals surface area contributed by atoms with Crippen LogP contribution >= 0.6 is 0 Å². The number of ether oxygens (including phenoxy) is 1. The number of hydrogen-bond acceptors (Lipinski definition) is 6. The molecule has 0 aliphatic carbocycles. The minimum Gasteiger partial charge on any atom is -0.491 e. The van der Waals surface area contributed by atoms with Gasteiger partial charge in [-0.2, -0.15) is 0 Å². The molecule has 0 spiro atoms. The third-order valence-corrected chi connectivity index (χ3v) is 4.27. The van der Waals surface area contributed by atoms with Crippen molar-refractivity contribution in [2.24, 2.45) is 0 Å². The number of para-hydroxylation sites is 1. The molecule has 1 amide bonds. The van der Waals surface area contributed by atoms with Gasteiger partial charge in [-0.1, -0.05) is 18.2 Å². The lowest BCUT2D eigenvalue weighted by atomic mass is 10.1. The summed E-state index contributed by atoms with van der Waals surface area (Å²) in [4.78, 5) is 12.7. The maximum absolute atomic E-state index is 12.7. The molecule has 0 aliphatic heterocycles. The smallest absolute Gasteiger partial charge is 0.292 e. The zero-order valence-corrected chi connectivity index (χ0v) is 15.7. The lowest BCUT2D eigenvalue weighted by Gasteiger charge is -2.09. The lowest BCUT2D eigenvalue weighted by Crippen LogP contribution is -2.13. The Bertz CT molecular complexity index is 1130. The van der Waals surface area contributed by atoms with E-state index >= 15 is 0 Å². The average molecular weight is 377 g/mol. The quantitative estimate of drug-likeness (QED) is 0.536. The van der Waals surface area contributed by atoms with E-state index in [1.807, 2.05) is 69.3 Å². The van der Waals surface area contributed by atoms with Crippen molar-refractivity contribution in [1.29, 1.82) is 0 Å². The highest BCUT2D eigenvalue weighted by atomic mass is 16.6. The second kappa shape index (κ2) is 7.19. The first-order valence-corrected chi connectivity index (χ1v) is 8.92. The van der Waals surface area contributed by atoms with Crippen molar-refractivity contribution in [3.8, 4) is 17.0 Å². The number of aryl methyl sites for hydroxylation is 1. The largest absolute Gasteiger partial charge is 0.491 e. The van der Waals surface area contributed by atoms with Crippen LogP contribution in [0.5, 0.6) is 5.75 Å². The van der Waals surface area contributed by atoms with Gasteiger partial charge in [0.2, 0.25) is 5.82 Å². The van der Waals surface area contributed by atoms with Crippen LogP contribution in [0, 0.1) is 6.92 Å². The van der Waals surface area contributed by atoms with Gasteiger partial charge in [0, 0.05) is 16.5 Å². The summed E-state index contributed by atoms with van der Waals surface area (Å²) in [5.74, 6) is 0.794. The Morgan fingerprint density at radius 1 is 1.07 bits per heavy atom. The molecule has 1 N–H and O–H groups in total. The molecule has 0 aliphatic rings. The minimum absolute atomic E-state index is 0.0847. The topological polar surface area (TPSA) is 90.4 Å². The third kappa shape index (κ3) is 3.34. The molecule has 28 heavy (non-hydrogen) atoms. The highest BCUT2D eigenvalue weighted by Crippen LogP contribution is 2.29. The average Bonchev–Trinajstić information content (AvgIpc) is 3.27. The second-order valence-electron chi connectivity index (χ2n) is 6.66. The number of anilines is 1. The van der Waals surface area contributed by atoms with E-state index in [1.54, 1.807) is 0 Å². The number of benzene rings is 2. The molecule has 0 atom stereocenters. The van der Waals surface area contributed by atoms with Crippen LogP contribution in [0.15, 0.2) is 57.6 Å². The van der Waals surface area contributed by atoms with Gasteiger partial charge in [0.15, 0.2) is 11.5 Å². The zero-order chi connectivity index (χ0) is 19.7. The van der Waals surface area contributed by atoms with E-state index in [9.17, 15) is 4.79 Å². The highest BCUT2D eigenvalue weighted by Gasteiger charge is 2.21. The van der Waals surface area contributed by atoms with E-state index in [4.69, 9.17) is 13.8 Å². The van der Waals surface area contributed by atoms with E-state index < -0.39 is 5.91 Å². The predicted molar refractivity (Wildman–Crippen MR) is 104 cm³/mol. The number of fused-ring (bicyclic) bond motifs is 1. The maximum atomic E-state index is 12.7. The number of furan rings is 1. The molecule has 0 saturated carbocycles. The number of nitrogens with one attached hydrogen (secondary N) is 1. The summed E-state index contributed by atoms with van der Waals surface area (Å²) < 4.78 is 16.2. The number of amides is 1. The molecule has 0 unspecified atom stereocenters. The summed E-state index contributed by atoms with van der Waals surface area (Å²) >= 11 is 0. The van der Waals surface area contributed by atoms with E-state index in [1.165, 1.54) is 0 Å². The summed E-state index contributed by atoms with van der Waals surface area (Å²) in [6.07, 6.45) is 0.0847. The van der Waals surface area contributed by atoms with Crippen LogP contribution < -0.4 is 10.1 Å². The first kappa shape index (κ1) is 17.8. The molecule has 4 aromatic rings. The lowest BCUT2D eigenvalue weighted by molar-refractivity contribution is 0.0997. The Balaban J connectivity index is 1.59. The molecule has 2 heterocycles. The van der Waals surface area contributed by atoms with Crippen molar-refractivity contribution in [1.82, 2.24) is 10.3 Å². The summed E-state index contributed by atoms with van der Waals surface area (Å²) in [6, 6.07) is 14.8. The van der Waals surface area contributed by atoms with Crippen molar-refractivity contribution in [2.45, 2.75) is 26.9 Å². The monoisotopic (exact) mass is 377 g/mol. The molecule has 7 heteroatoms. The Labute approximate surface area is 161 Å². The van der Waals surface area contributed by atoms with E-state index in [0.717, 1.165) is 22.3 Å². The van der Waals surface area contributed by atoms with Crippen molar-refractivity contribution in [3.05, 3.63) is 59.9 Å². The number of carbonyl (C=O) groups is 1. The predicted octanol–water partition coefficient (Wildman–Crippen LogP) is 4.83. The van der Waals surface area contributed by atoms with E-state index in [2.05, 4.69) is 15.6 Å². The second-order valence-corrected chi connectivity index (χ2v) is 6.66. The molecule has 0 bridgehead atoms. The Morgan fingerprint density at radius 3 is 2.54 bits per heavy atom. The zero-order valence-electron chi connectivity index (χ0n) is 15.7. The van der Waals surface area contributed by atoms with E-state index in [-0.39, 0.29) is 17.7 Å². The minimum atomic E-state index is -0.412. The first-order valence-electron chi connectivity index (χ1n) is 8.92. The van der Waals surface area contributed by atoms with Gasteiger partial charge in [-0.05, 0) is 61.4 Å². The highest BCUT2D eigenvalue weighted by molar-refractivity contribution is 6.07. The van der Waals surface area contributed by atoms with Crippen LogP contribution in [0.25, 0.3) is 22.2 Å². The van der Waals surface area contributed by atoms with Crippen LogP contribution in [0.3, 0.4) is 0 Å². The first-order chi connectivity index (χ1) is 13.5. The fraction of sp³-hybridized carbons (Fsp3) is 0.190. The van der Waals surface area contributed by atoms with Crippen molar-refractivity contribution in [2.75, 3.05) is 5.32 Å². The van der Waals surface area contributed by atoms with Gasteiger partial charge in [-0.3, -0.25) is 10.1 Å². The number of nitrogens with zero attached hydrogens (tertiary/aromatic N) is 2. The number of hydrogen-bond donors (Lipinski definition) is 1. The van der Waals surface area contributed by atoms with Gasteiger partial charge in [0.25, 0.3) is 5.91 Å². The van der Waals surface area contributed by atoms with E-state index in [0.29, 0.717) is 11.3 Å². The third-order valence-electron chi connectivity index (χ3n) is 4.27. The number of aromatic nitrogens is 2. The van der Waals surface area contributed by atoms with Crippen LogP contribution in [0.2, 0.25) is 0 Å². The van der Waals surface area contributed by atoms with Crippen LogP contribution in [-0.4, -0.2) is 22.3 Å². The molecule has 0 fully saturated rings. The molecule has 0 radical (unpaired) electrons. The van der Waals surface area contributed by atoms with Crippen molar-refractivity contribution < 1.29 is 18.6 Å².